The van der Waals surface area contributed by atoms with Crippen LogP contribution in [0.4, 0.5) is 11.4 Å². The minimum atomic E-state index is -0.814. The molecule has 1 aromatic carbocycles. The number of hydrogen-bond donors (Lipinski definition) is 2. The highest BCUT2D eigenvalue weighted by atomic mass is 16.6. The van der Waals surface area contributed by atoms with E-state index in [4.69, 9.17) is 4.74 Å². The van der Waals surface area contributed by atoms with Gasteiger partial charge in [-0.1, -0.05) is 25.0 Å². The Balaban J connectivity index is 1.67. The molecule has 1 saturated carbocycles. The molecule has 142 valence electrons. The molecule has 0 saturated heterocycles. The molecule has 26 heavy (non-hydrogen) atoms. The van der Waals surface area contributed by atoms with Crippen molar-refractivity contribution in [3.8, 4) is 0 Å². The van der Waals surface area contributed by atoms with Crippen LogP contribution in [-0.2, 0) is 14.3 Å². The average molecular weight is 363 g/mol. The lowest BCUT2D eigenvalue weighted by atomic mass is 10.2. The lowest BCUT2D eigenvalue weighted by Crippen LogP contribution is -2.40. The summed E-state index contributed by atoms with van der Waals surface area (Å²) < 4.78 is 5.15. The van der Waals surface area contributed by atoms with E-state index < -0.39 is 17.0 Å². The van der Waals surface area contributed by atoms with E-state index in [0.717, 1.165) is 25.7 Å². The molecule has 8 heteroatoms. The van der Waals surface area contributed by atoms with Crippen molar-refractivity contribution >= 4 is 23.3 Å². The number of carbonyl (C=O) groups is 2. The molecule has 2 N–H and O–H groups in total. The van der Waals surface area contributed by atoms with Gasteiger partial charge in [-0.3, -0.25) is 19.7 Å². The van der Waals surface area contributed by atoms with Gasteiger partial charge in [0.2, 0.25) is 0 Å². The van der Waals surface area contributed by atoms with Crippen LogP contribution in [0.5, 0.6) is 0 Å². The molecular formula is C18H25N3O5. The standard InChI is InChI=1S/C18H25N3O5/c1-13(18(23)20-14-7-2-3-8-14)26-17(22)11-6-12-19-15-9-4-5-10-16(15)21(24)25/h4-5,9-10,13-14,19H,2-3,6-8,11-12H2,1H3,(H,20,23)/t13-/m0/s1. The largest absolute Gasteiger partial charge is 0.453 e. The number of hydrogen-bond acceptors (Lipinski definition) is 6. The number of benzene rings is 1. The van der Waals surface area contributed by atoms with Crippen molar-refractivity contribution in [1.29, 1.82) is 0 Å². The first-order valence-corrected chi connectivity index (χ1v) is 8.94. The van der Waals surface area contributed by atoms with Crippen LogP contribution in [0.25, 0.3) is 0 Å². The second-order valence-electron chi connectivity index (χ2n) is 6.43. The summed E-state index contributed by atoms with van der Waals surface area (Å²) in [7, 11) is 0. The van der Waals surface area contributed by atoms with Crippen LogP contribution in [-0.4, -0.2) is 35.5 Å². The Morgan fingerprint density at radius 3 is 2.69 bits per heavy atom. The minimum Gasteiger partial charge on any atom is -0.453 e. The van der Waals surface area contributed by atoms with E-state index >= 15 is 0 Å². The van der Waals surface area contributed by atoms with Gasteiger partial charge in [0.1, 0.15) is 5.69 Å². The number of anilines is 1. The summed E-state index contributed by atoms with van der Waals surface area (Å²) >= 11 is 0. The highest BCUT2D eigenvalue weighted by molar-refractivity contribution is 5.83. The van der Waals surface area contributed by atoms with Crippen LogP contribution in [0.3, 0.4) is 0 Å². The van der Waals surface area contributed by atoms with Crippen molar-refractivity contribution in [2.24, 2.45) is 0 Å². The van der Waals surface area contributed by atoms with E-state index in [1.807, 2.05) is 0 Å². The molecule has 1 aromatic rings. The Kier molecular flexibility index (Phi) is 7.37. The third-order valence-corrected chi connectivity index (χ3v) is 4.35. The van der Waals surface area contributed by atoms with Gasteiger partial charge in [0.15, 0.2) is 6.10 Å². The van der Waals surface area contributed by atoms with E-state index in [0.29, 0.717) is 18.7 Å². The van der Waals surface area contributed by atoms with Gasteiger partial charge < -0.3 is 15.4 Å². The first-order valence-electron chi connectivity index (χ1n) is 8.94. The van der Waals surface area contributed by atoms with Gasteiger partial charge in [-0.25, -0.2) is 0 Å². The summed E-state index contributed by atoms with van der Waals surface area (Å²) in [5, 5.41) is 16.8. The summed E-state index contributed by atoms with van der Waals surface area (Å²) in [6.07, 6.45) is 3.95. The maximum absolute atomic E-state index is 12.0. The second kappa shape index (κ2) is 9.74. The number of nitrogens with zero attached hydrogens (tertiary/aromatic N) is 1. The van der Waals surface area contributed by atoms with E-state index in [1.165, 1.54) is 6.07 Å². The molecule has 1 atom stereocenters. The summed E-state index contributed by atoms with van der Waals surface area (Å²) in [5.74, 6) is -0.716. The predicted octanol–water partition coefficient (Wildman–Crippen LogP) is 2.78. The maximum atomic E-state index is 12.0. The van der Waals surface area contributed by atoms with E-state index in [-0.39, 0.29) is 24.1 Å². The Bertz CT molecular complexity index is 643. The summed E-state index contributed by atoms with van der Waals surface area (Å²) in [6, 6.07) is 6.52. The van der Waals surface area contributed by atoms with Crippen LogP contribution in [0.2, 0.25) is 0 Å². The van der Waals surface area contributed by atoms with Gasteiger partial charge in [-0.2, -0.15) is 0 Å². The van der Waals surface area contributed by atoms with Crippen molar-refractivity contribution < 1.29 is 19.2 Å². The fourth-order valence-electron chi connectivity index (χ4n) is 2.94. The number of rotatable bonds is 9. The molecule has 8 nitrogen and oxygen atoms in total. The van der Waals surface area contributed by atoms with Crippen LogP contribution < -0.4 is 10.6 Å². The molecule has 0 radical (unpaired) electrons. The van der Waals surface area contributed by atoms with Gasteiger partial charge in [0.05, 0.1) is 4.92 Å². The Morgan fingerprint density at radius 2 is 2.00 bits per heavy atom. The molecule has 1 aliphatic rings. The molecule has 0 aromatic heterocycles. The van der Waals surface area contributed by atoms with E-state index in [2.05, 4.69) is 10.6 Å². The fraction of sp³-hybridized carbons (Fsp3) is 0.556. The molecular weight excluding hydrogens is 338 g/mol. The van der Waals surface area contributed by atoms with Gasteiger partial charge in [-0.05, 0) is 32.3 Å². The van der Waals surface area contributed by atoms with Crippen molar-refractivity contribution in [3.05, 3.63) is 34.4 Å². The lowest BCUT2D eigenvalue weighted by molar-refractivity contribution is -0.384. The number of amides is 1. The predicted molar refractivity (Wildman–Crippen MR) is 96.8 cm³/mol. The summed E-state index contributed by atoms with van der Waals surface area (Å²) in [4.78, 5) is 34.3. The van der Waals surface area contributed by atoms with E-state index in [1.54, 1.807) is 25.1 Å². The Morgan fingerprint density at radius 1 is 1.31 bits per heavy atom. The zero-order chi connectivity index (χ0) is 18.9. The number of nitro benzene ring substituents is 1. The number of carbonyl (C=O) groups excluding carboxylic acids is 2. The van der Waals surface area contributed by atoms with Gasteiger partial charge >= 0.3 is 5.97 Å². The minimum absolute atomic E-state index is 0.00715. The normalized spacial score (nSPS) is 15.3. The molecule has 2 rings (SSSR count). The summed E-state index contributed by atoms with van der Waals surface area (Å²) in [6.45, 7) is 1.95. The van der Waals surface area contributed by atoms with Crippen LogP contribution in [0.1, 0.15) is 45.4 Å². The van der Waals surface area contributed by atoms with Gasteiger partial charge in [-0.15, -0.1) is 0 Å². The monoisotopic (exact) mass is 363 g/mol. The molecule has 0 unspecified atom stereocenters. The Labute approximate surface area is 152 Å². The molecule has 1 amide bonds. The first kappa shape index (κ1) is 19.7. The molecule has 1 fully saturated rings. The first-order chi connectivity index (χ1) is 12.5. The third kappa shape index (κ3) is 6.02. The zero-order valence-corrected chi connectivity index (χ0v) is 14.9. The van der Waals surface area contributed by atoms with Gasteiger partial charge in [0, 0.05) is 25.1 Å². The van der Waals surface area contributed by atoms with Crippen molar-refractivity contribution in [2.75, 3.05) is 11.9 Å². The third-order valence-electron chi connectivity index (χ3n) is 4.35. The number of nitro groups is 1. The molecule has 0 aliphatic heterocycles. The number of esters is 1. The van der Waals surface area contributed by atoms with E-state index in [9.17, 15) is 19.7 Å². The number of para-hydroxylation sites is 2. The SMILES string of the molecule is C[C@H](OC(=O)CCCNc1ccccc1[N+](=O)[O-])C(=O)NC1CCCC1. The number of ether oxygens (including phenoxy) is 1. The quantitative estimate of drug-likeness (QED) is 0.302. The van der Waals surface area contributed by atoms with Crippen molar-refractivity contribution in [2.45, 2.75) is 57.6 Å². The highest BCUT2D eigenvalue weighted by Crippen LogP contribution is 2.23. The highest BCUT2D eigenvalue weighted by Gasteiger charge is 2.22. The maximum Gasteiger partial charge on any atom is 0.306 e. The van der Waals surface area contributed by atoms with Crippen LogP contribution in [0, 0.1) is 10.1 Å². The molecule has 0 heterocycles. The lowest BCUT2D eigenvalue weighted by Gasteiger charge is -2.17. The molecule has 0 bridgehead atoms. The molecule has 1 aliphatic carbocycles. The topological polar surface area (TPSA) is 111 Å². The fourth-order valence-corrected chi connectivity index (χ4v) is 2.94. The van der Waals surface area contributed by atoms with Crippen LogP contribution >= 0.6 is 0 Å². The smallest absolute Gasteiger partial charge is 0.306 e. The number of nitrogens with one attached hydrogen (secondary N) is 2. The molecule has 0 spiro atoms. The zero-order valence-electron chi connectivity index (χ0n) is 14.9. The van der Waals surface area contributed by atoms with Crippen LogP contribution in [0.15, 0.2) is 24.3 Å². The second-order valence-corrected chi connectivity index (χ2v) is 6.43. The van der Waals surface area contributed by atoms with Gasteiger partial charge in [0.25, 0.3) is 11.6 Å². The summed E-state index contributed by atoms with van der Waals surface area (Å²) in [5.41, 5.74) is 0.405. The Hall–Kier alpha value is -2.64. The average Bonchev–Trinajstić information content (AvgIpc) is 3.11. The van der Waals surface area contributed by atoms with Crippen molar-refractivity contribution in [3.63, 3.8) is 0 Å². The van der Waals surface area contributed by atoms with Crippen molar-refractivity contribution in [1.82, 2.24) is 5.32 Å².